The predicted molar refractivity (Wildman–Crippen MR) is 82.0 cm³/mol. The number of nitrogens with zero attached hydrogens (tertiary/aromatic N) is 3. The van der Waals surface area contributed by atoms with Crippen LogP contribution in [0.4, 0.5) is 0 Å². The molecule has 0 unspecified atom stereocenters. The van der Waals surface area contributed by atoms with E-state index in [1.165, 1.54) is 11.8 Å². The lowest BCUT2D eigenvalue weighted by atomic mass is 10.2. The average Bonchev–Trinajstić information content (AvgIpc) is 2.53. The molecule has 0 aliphatic carbocycles. The number of carbonyl (C=O) groups excluding carboxylic acids is 1. The Bertz CT molecular complexity index is 652. The van der Waals surface area contributed by atoms with Crippen molar-refractivity contribution in [3.63, 3.8) is 0 Å². The lowest BCUT2D eigenvalue weighted by Crippen LogP contribution is -2.28. The minimum Gasteiger partial charge on any atom is -0.341 e. The van der Waals surface area contributed by atoms with E-state index < -0.39 is 0 Å². The van der Waals surface area contributed by atoms with Crippen molar-refractivity contribution >= 4 is 17.7 Å². The normalized spacial score (nSPS) is 9.90. The molecule has 0 atom stereocenters. The molecule has 2 aromatic rings. The first-order valence-corrected chi connectivity index (χ1v) is 7.34. The Balaban J connectivity index is 2.21. The van der Waals surface area contributed by atoms with Gasteiger partial charge in [-0.3, -0.25) is 4.79 Å². The average molecular weight is 297 g/mol. The second kappa shape index (κ2) is 7.46. The van der Waals surface area contributed by atoms with E-state index in [0.29, 0.717) is 23.6 Å². The van der Waals surface area contributed by atoms with Crippen LogP contribution in [0.3, 0.4) is 0 Å². The molecule has 2 rings (SSSR count). The Hall–Kier alpha value is -2.32. The van der Waals surface area contributed by atoms with Crippen LogP contribution in [-0.2, 0) is 0 Å². The molecule has 0 saturated heterocycles. The summed E-state index contributed by atoms with van der Waals surface area (Å²) in [5, 5.41) is 9.29. The summed E-state index contributed by atoms with van der Waals surface area (Å²) in [6.45, 7) is 0.416. The number of aromatic nitrogens is 1. The van der Waals surface area contributed by atoms with Crippen molar-refractivity contribution in [3.05, 3.63) is 54.2 Å². The lowest BCUT2D eigenvalue weighted by Gasteiger charge is -2.17. The zero-order chi connectivity index (χ0) is 15.1. The molecule has 4 nitrogen and oxygen atoms in total. The van der Waals surface area contributed by atoms with Gasteiger partial charge in [0.25, 0.3) is 5.91 Å². The molecule has 21 heavy (non-hydrogen) atoms. The Kier molecular flexibility index (Phi) is 5.35. The molecule has 0 radical (unpaired) electrons. The molecular formula is C16H15N3OS. The van der Waals surface area contributed by atoms with Gasteiger partial charge in [0.15, 0.2) is 0 Å². The third-order valence-corrected chi connectivity index (χ3v) is 3.89. The number of pyridine rings is 1. The van der Waals surface area contributed by atoms with Crippen LogP contribution < -0.4 is 0 Å². The van der Waals surface area contributed by atoms with Crippen molar-refractivity contribution in [1.29, 1.82) is 5.26 Å². The van der Waals surface area contributed by atoms with Gasteiger partial charge in [-0.25, -0.2) is 4.98 Å². The highest BCUT2D eigenvalue weighted by Gasteiger charge is 2.16. The molecule has 0 fully saturated rings. The molecule has 0 aliphatic heterocycles. The molecule has 0 N–H and O–H groups in total. The maximum Gasteiger partial charge on any atom is 0.256 e. The zero-order valence-corrected chi connectivity index (χ0v) is 12.5. The number of carbonyl (C=O) groups is 1. The zero-order valence-electron chi connectivity index (χ0n) is 11.7. The first-order chi connectivity index (χ1) is 10.2. The number of benzene rings is 1. The second-order valence-electron chi connectivity index (χ2n) is 4.41. The molecule has 1 heterocycles. The summed E-state index contributed by atoms with van der Waals surface area (Å²) >= 11 is 1.46. The maximum atomic E-state index is 12.4. The van der Waals surface area contributed by atoms with Crippen molar-refractivity contribution in [2.24, 2.45) is 0 Å². The fourth-order valence-corrected chi connectivity index (χ4v) is 2.66. The van der Waals surface area contributed by atoms with Crippen LogP contribution >= 0.6 is 11.8 Å². The molecule has 0 bridgehead atoms. The molecule has 0 saturated carbocycles. The largest absolute Gasteiger partial charge is 0.341 e. The van der Waals surface area contributed by atoms with Gasteiger partial charge in [-0.05, 0) is 24.3 Å². The van der Waals surface area contributed by atoms with Gasteiger partial charge in [0.05, 0.1) is 18.1 Å². The monoisotopic (exact) mass is 297 g/mol. The highest BCUT2D eigenvalue weighted by atomic mass is 32.2. The summed E-state index contributed by atoms with van der Waals surface area (Å²) in [6, 6.07) is 15.4. The van der Waals surface area contributed by atoms with Crippen LogP contribution in [0.1, 0.15) is 16.8 Å². The highest BCUT2D eigenvalue weighted by molar-refractivity contribution is 7.99. The third kappa shape index (κ3) is 4.07. The number of rotatable bonds is 5. The smallest absolute Gasteiger partial charge is 0.256 e. The van der Waals surface area contributed by atoms with Crippen molar-refractivity contribution in [2.75, 3.05) is 13.6 Å². The van der Waals surface area contributed by atoms with Gasteiger partial charge < -0.3 is 4.90 Å². The SMILES string of the molecule is CN(CCC#N)C(=O)c1cccnc1Sc1ccccc1. The van der Waals surface area contributed by atoms with Crippen LogP contribution in [0.25, 0.3) is 0 Å². The summed E-state index contributed by atoms with van der Waals surface area (Å²) in [5.41, 5.74) is 0.562. The fourth-order valence-electron chi connectivity index (χ4n) is 1.76. The number of amides is 1. The van der Waals surface area contributed by atoms with Crippen molar-refractivity contribution in [3.8, 4) is 6.07 Å². The quantitative estimate of drug-likeness (QED) is 0.850. The van der Waals surface area contributed by atoms with Crippen molar-refractivity contribution in [2.45, 2.75) is 16.3 Å². The minimum atomic E-state index is -0.114. The first kappa shape index (κ1) is 15.1. The van der Waals surface area contributed by atoms with Gasteiger partial charge in [0, 0.05) is 24.7 Å². The van der Waals surface area contributed by atoms with E-state index >= 15 is 0 Å². The van der Waals surface area contributed by atoms with Crippen LogP contribution in [0, 0.1) is 11.3 Å². The molecule has 106 valence electrons. The van der Waals surface area contributed by atoms with Gasteiger partial charge >= 0.3 is 0 Å². The molecule has 1 aromatic carbocycles. The Labute approximate surface area is 128 Å². The van der Waals surface area contributed by atoms with Crippen molar-refractivity contribution < 1.29 is 4.79 Å². The maximum absolute atomic E-state index is 12.4. The topological polar surface area (TPSA) is 57.0 Å². The van der Waals surface area contributed by atoms with E-state index in [4.69, 9.17) is 5.26 Å². The number of hydrogen-bond acceptors (Lipinski definition) is 4. The molecule has 0 aliphatic rings. The van der Waals surface area contributed by atoms with Crippen LogP contribution in [0.5, 0.6) is 0 Å². The minimum absolute atomic E-state index is 0.114. The fraction of sp³-hybridized carbons (Fsp3) is 0.188. The van der Waals surface area contributed by atoms with Crippen LogP contribution in [0.15, 0.2) is 58.6 Å². The molecule has 5 heteroatoms. The Morgan fingerprint density at radius 2 is 2.05 bits per heavy atom. The van der Waals surface area contributed by atoms with E-state index in [1.54, 1.807) is 30.3 Å². The highest BCUT2D eigenvalue weighted by Crippen LogP contribution is 2.28. The van der Waals surface area contributed by atoms with E-state index in [1.807, 2.05) is 36.4 Å². The van der Waals surface area contributed by atoms with Gasteiger partial charge in [0.1, 0.15) is 5.03 Å². The number of nitriles is 1. The van der Waals surface area contributed by atoms with Crippen LogP contribution in [0.2, 0.25) is 0 Å². The van der Waals surface area contributed by atoms with Gasteiger partial charge in [0.2, 0.25) is 0 Å². The third-order valence-electron chi connectivity index (χ3n) is 2.87. The van der Waals surface area contributed by atoms with E-state index in [0.717, 1.165) is 4.90 Å². The van der Waals surface area contributed by atoms with E-state index in [2.05, 4.69) is 4.98 Å². The first-order valence-electron chi connectivity index (χ1n) is 6.52. The van der Waals surface area contributed by atoms with Gasteiger partial charge in [-0.15, -0.1) is 0 Å². The summed E-state index contributed by atoms with van der Waals surface area (Å²) in [5.74, 6) is -0.114. The molecule has 0 spiro atoms. The summed E-state index contributed by atoms with van der Waals surface area (Å²) < 4.78 is 0. The van der Waals surface area contributed by atoms with Crippen molar-refractivity contribution in [1.82, 2.24) is 9.88 Å². The van der Waals surface area contributed by atoms with Gasteiger partial charge in [-0.2, -0.15) is 5.26 Å². The van der Waals surface area contributed by atoms with E-state index in [9.17, 15) is 4.79 Å². The predicted octanol–water partition coefficient (Wildman–Crippen LogP) is 3.22. The molecule has 1 aromatic heterocycles. The number of hydrogen-bond donors (Lipinski definition) is 0. The standard InChI is InChI=1S/C16H15N3OS/c1-19(12-6-10-17)16(20)14-9-5-11-18-15(14)21-13-7-3-2-4-8-13/h2-5,7-9,11H,6,12H2,1H3. The summed E-state index contributed by atoms with van der Waals surface area (Å²) in [6.07, 6.45) is 2.00. The van der Waals surface area contributed by atoms with Crippen LogP contribution in [-0.4, -0.2) is 29.4 Å². The van der Waals surface area contributed by atoms with Gasteiger partial charge in [-0.1, -0.05) is 30.0 Å². The summed E-state index contributed by atoms with van der Waals surface area (Å²) in [4.78, 5) is 19.3. The summed E-state index contributed by atoms with van der Waals surface area (Å²) in [7, 11) is 1.70. The Morgan fingerprint density at radius 3 is 2.76 bits per heavy atom. The molecule has 1 amide bonds. The molecular weight excluding hydrogens is 282 g/mol. The Morgan fingerprint density at radius 1 is 1.29 bits per heavy atom. The lowest BCUT2D eigenvalue weighted by molar-refractivity contribution is 0.0794. The van der Waals surface area contributed by atoms with E-state index in [-0.39, 0.29) is 5.91 Å². The second-order valence-corrected chi connectivity index (χ2v) is 5.47.